The molecule has 0 aliphatic rings. The topological polar surface area (TPSA) is 98.3 Å². The number of nitrogens with zero attached hydrogens (tertiary/aromatic N) is 2. The van der Waals surface area contributed by atoms with Crippen LogP contribution in [0, 0.1) is 20.2 Å². The first-order chi connectivity index (χ1) is 8.51. The van der Waals surface area contributed by atoms with Crippen LogP contribution in [0.2, 0.25) is 0 Å². The van der Waals surface area contributed by atoms with E-state index in [1.165, 1.54) is 18.2 Å². The first kappa shape index (κ1) is 13.9. The van der Waals surface area contributed by atoms with E-state index in [2.05, 4.69) is 5.32 Å². The van der Waals surface area contributed by atoms with Crippen molar-refractivity contribution in [2.24, 2.45) is 0 Å². The van der Waals surface area contributed by atoms with Gasteiger partial charge in [-0.3, -0.25) is 20.2 Å². The van der Waals surface area contributed by atoms with E-state index in [1.807, 2.05) is 13.8 Å². The Kier molecular flexibility index (Phi) is 4.59. The molecule has 18 heavy (non-hydrogen) atoms. The number of nitro benzene ring substituents is 2. The molecule has 1 aromatic carbocycles. The van der Waals surface area contributed by atoms with Gasteiger partial charge in [0, 0.05) is 18.2 Å². The highest BCUT2D eigenvalue weighted by atomic mass is 16.6. The van der Waals surface area contributed by atoms with Crippen LogP contribution in [0.5, 0.6) is 0 Å². The van der Waals surface area contributed by atoms with Crippen molar-refractivity contribution in [2.45, 2.75) is 32.7 Å². The molecule has 0 amide bonds. The van der Waals surface area contributed by atoms with Gasteiger partial charge in [-0.2, -0.15) is 0 Å². The highest BCUT2D eigenvalue weighted by Gasteiger charge is 2.25. The zero-order chi connectivity index (χ0) is 13.7. The van der Waals surface area contributed by atoms with E-state index in [-0.39, 0.29) is 23.1 Å². The number of rotatable bonds is 6. The second-order valence-corrected chi connectivity index (χ2v) is 3.84. The molecule has 98 valence electrons. The smallest absolute Gasteiger partial charge is 0.299 e. The molecule has 7 nitrogen and oxygen atoms in total. The van der Waals surface area contributed by atoms with Crippen LogP contribution in [-0.4, -0.2) is 15.9 Å². The molecule has 0 aromatic heterocycles. The normalized spacial score (nSPS) is 10.4. The molecule has 0 atom stereocenters. The van der Waals surface area contributed by atoms with E-state index in [4.69, 9.17) is 0 Å². The highest BCUT2D eigenvalue weighted by molar-refractivity contribution is 5.73. The predicted molar refractivity (Wildman–Crippen MR) is 67.7 cm³/mol. The molecule has 1 aromatic rings. The molecular formula is C11H15N3O4. The van der Waals surface area contributed by atoms with E-state index in [9.17, 15) is 20.2 Å². The lowest BCUT2D eigenvalue weighted by atomic mass is 10.1. The van der Waals surface area contributed by atoms with E-state index >= 15 is 0 Å². The average molecular weight is 253 g/mol. The number of nitrogens with one attached hydrogen (secondary N) is 1. The molecule has 0 heterocycles. The summed E-state index contributed by atoms with van der Waals surface area (Å²) in [4.78, 5) is 20.6. The van der Waals surface area contributed by atoms with Gasteiger partial charge in [0.05, 0.1) is 9.85 Å². The highest BCUT2D eigenvalue weighted by Crippen LogP contribution is 2.34. The first-order valence-electron chi connectivity index (χ1n) is 5.69. The van der Waals surface area contributed by atoms with Crippen LogP contribution in [-0.2, 0) is 0 Å². The van der Waals surface area contributed by atoms with E-state index in [0.717, 1.165) is 12.8 Å². The van der Waals surface area contributed by atoms with E-state index < -0.39 is 9.85 Å². The second-order valence-electron chi connectivity index (χ2n) is 3.84. The number of nitro groups is 2. The van der Waals surface area contributed by atoms with Crippen LogP contribution in [0.4, 0.5) is 17.1 Å². The number of para-hydroxylation sites is 1. The fourth-order valence-corrected chi connectivity index (χ4v) is 1.68. The van der Waals surface area contributed by atoms with Gasteiger partial charge in [0.25, 0.3) is 11.4 Å². The summed E-state index contributed by atoms with van der Waals surface area (Å²) in [5.74, 6) is 0. The molecule has 0 radical (unpaired) electrons. The van der Waals surface area contributed by atoms with Crippen molar-refractivity contribution in [3.05, 3.63) is 38.4 Å². The number of hydrogen-bond donors (Lipinski definition) is 1. The molecule has 0 aliphatic carbocycles. The molecule has 0 unspecified atom stereocenters. The van der Waals surface area contributed by atoms with Crippen molar-refractivity contribution in [1.29, 1.82) is 0 Å². The Labute approximate surface area is 104 Å². The summed E-state index contributed by atoms with van der Waals surface area (Å²) in [5, 5.41) is 24.7. The molecule has 0 saturated heterocycles. The Morgan fingerprint density at radius 2 is 1.56 bits per heavy atom. The number of hydrogen-bond acceptors (Lipinski definition) is 5. The van der Waals surface area contributed by atoms with Gasteiger partial charge in [0.15, 0.2) is 5.69 Å². The van der Waals surface area contributed by atoms with Gasteiger partial charge in [0.1, 0.15) is 0 Å². The first-order valence-corrected chi connectivity index (χ1v) is 5.69. The standard InChI is InChI=1S/C11H15N3O4/c1-3-8(4-2)12-11-9(13(15)16)6-5-7-10(11)14(17)18/h5-8,12H,3-4H2,1-2H3. The van der Waals surface area contributed by atoms with Crippen LogP contribution in [0.3, 0.4) is 0 Å². The SMILES string of the molecule is CCC(CC)Nc1c([N+](=O)[O-])cccc1[N+](=O)[O-]. The Morgan fingerprint density at radius 1 is 1.11 bits per heavy atom. The van der Waals surface area contributed by atoms with Crippen molar-refractivity contribution in [3.63, 3.8) is 0 Å². The third-order valence-corrected chi connectivity index (χ3v) is 2.75. The quantitative estimate of drug-likeness (QED) is 0.620. The van der Waals surface area contributed by atoms with Gasteiger partial charge in [-0.05, 0) is 18.9 Å². The molecule has 7 heteroatoms. The summed E-state index contributed by atoms with van der Waals surface area (Å²) >= 11 is 0. The van der Waals surface area contributed by atoms with Crippen LogP contribution in [0.1, 0.15) is 26.7 Å². The Bertz CT molecular complexity index is 425. The average Bonchev–Trinajstić information content (AvgIpc) is 2.35. The maximum absolute atomic E-state index is 10.9. The van der Waals surface area contributed by atoms with Crippen LogP contribution >= 0.6 is 0 Å². The Morgan fingerprint density at radius 3 is 1.89 bits per heavy atom. The molecule has 0 saturated carbocycles. The van der Waals surface area contributed by atoms with Crippen LogP contribution < -0.4 is 5.32 Å². The molecule has 1 N–H and O–H groups in total. The minimum atomic E-state index is -0.613. The van der Waals surface area contributed by atoms with Crippen LogP contribution in [0.25, 0.3) is 0 Å². The molecular weight excluding hydrogens is 238 g/mol. The lowest BCUT2D eigenvalue weighted by molar-refractivity contribution is -0.392. The van der Waals surface area contributed by atoms with Gasteiger partial charge >= 0.3 is 0 Å². The number of anilines is 1. The predicted octanol–water partition coefficient (Wildman–Crippen LogP) is 3.10. The summed E-state index contributed by atoms with van der Waals surface area (Å²) in [6.07, 6.45) is 1.47. The van der Waals surface area contributed by atoms with Crippen LogP contribution in [0.15, 0.2) is 18.2 Å². The summed E-state index contributed by atoms with van der Waals surface area (Å²) in [6, 6.07) is 3.81. The van der Waals surface area contributed by atoms with Gasteiger partial charge in [-0.1, -0.05) is 13.8 Å². The zero-order valence-electron chi connectivity index (χ0n) is 10.3. The third-order valence-electron chi connectivity index (χ3n) is 2.75. The molecule has 1 rings (SSSR count). The molecule has 0 aliphatic heterocycles. The summed E-state index contributed by atoms with van der Waals surface area (Å²) in [6.45, 7) is 3.84. The lowest BCUT2D eigenvalue weighted by Crippen LogP contribution is -2.18. The molecule has 0 bridgehead atoms. The Hall–Kier alpha value is -2.18. The largest absolute Gasteiger partial charge is 0.371 e. The minimum absolute atomic E-state index is 0.0128. The summed E-state index contributed by atoms with van der Waals surface area (Å²) < 4.78 is 0. The maximum Gasteiger partial charge on any atom is 0.299 e. The lowest BCUT2D eigenvalue weighted by Gasteiger charge is -2.15. The Balaban J connectivity index is 3.26. The monoisotopic (exact) mass is 253 g/mol. The minimum Gasteiger partial charge on any atom is -0.371 e. The van der Waals surface area contributed by atoms with Gasteiger partial charge in [0.2, 0.25) is 0 Å². The zero-order valence-corrected chi connectivity index (χ0v) is 10.3. The van der Waals surface area contributed by atoms with Crippen molar-refractivity contribution in [3.8, 4) is 0 Å². The van der Waals surface area contributed by atoms with Crippen molar-refractivity contribution in [2.75, 3.05) is 5.32 Å². The van der Waals surface area contributed by atoms with Crippen molar-refractivity contribution in [1.82, 2.24) is 0 Å². The molecule has 0 spiro atoms. The van der Waals surface area contributed by atoms with Gasteiger partial charge < -0.3 is 5.32 Å². The van der Waals surface area contributed by atoms with E-state index in [0.29, 0.717) is 0 Å². The number of benzene rings is 1. The van der Waals surface area contributed by atoms with Gasteiger partial charge in [-0.25, -0.2) is 0 Å². The summed E-state index contributed by atoms with van der Waals surface area (Å²) in [5.41, 5.74) is -0.548. The third kappa shape index (κ3) is 2.93. The van der Waals surface area contributed by atoms with Crippen molar-refractivity contribution >= 4 is 17.1 Å². The summed E-state index contributed by atoms with van der Waals surface area (Å²) in [7, 11) is 0. The second kappa shape index (κ2) is 5.95. The molecule has 0 fully saturated rings. The van der Waals surface area contributed by atoms with Crippen molar-refractivity contribution < 1.29 is 9.85 Å². The fraction of sp³-hybridized carbons (Fsp3) is 0.455. The maximum atomic E-state index is 10.9. The van der Waals surface area contributed by atoms with Gasteiger partial charge in [-0.15, -0.1) is 0 Å². The van der Waals surface area contributed by atoms with E-state index in [1.54, 1.807) is 0 Å². The fourth-order valence-electron chi connectivity index (χ4n) is 1.68.